The molecule has 43 heavy (non-hydrogen) atoms. The predicted molar refractivity (Wildman–Crippen MR) is 160 cm³/mol. The van der Waals surface area contributed by atoms with Crippen molar-refractivity contribution in [2.45, 2.75) is 70.2 Å². The number of nitrogens with zero attached hydrogens (tertiary/aromatic N) is 2. The second-order valence-electron chi connectivity index (χ2n) is 12.1. The van der Waals surface area contributed by atoms with E-state index in [9.17, 15) is 24.3 Å². The summed E-state index contributed by atoms with van der Waals surface area (Å²) in [6.07, 6.45) is 2.88. The molecule has 2 unspecified atom stereocenters. The van der Waals surface area contributed by atoms with Crippen LogP contribution in [-0.4, -0.2) is 58.4 Å². The monoisotopic (exact) mass is 612 g/mol. The van der Waals surface area contributed by atoms with Gasteiger partial charge in [0.1, 0.15) is 23.0 Å². The molecule has 2 aliphatic rings. The number of aromatic carboxylic acids is 1. The second kappa shape index (κ2) is 11.9. The number of fused-ring (bicyclic) bond motifs is 1. The topological polar surface area (TPSA) is 130 Å². The van der Waals surface area contributed by atoms with Crippen molar-refractivity contribution in [3.05, 3.63) is 74.8 Å². The van der Waals surface area contributed by atoms with Gasteiger partial charge in [0.2, 0.25) is 11.3 Å². The zero-order valence-electron chi connectivity index (χ0n) is 24.2. The van der Waals surface area contributed by atoms with Crippen LogP contribution >= 0.6 is 11.6 Å². The van der Waals surface area contributed by atoms with Crippen LogP contribution in [0.4, 0.5) is 14.9 Å². The number of carboxylic acids is 1. The highest BCUT2D eigenvalue weighted by Crippen LogP contribution is 2.42. The number of halogens is 2. The van der Waals surface area contributed by atoms with Gasteiger partial charge in [0.15, 0.2) is 0 Å². The van der Waals surface area contributed by atoms with Crippen LogP contribution in [0.25, 0.3) is 10.9 Å². The SMILES string of the molecule is CC(C)(C)OC(=O)NC(Cc1ccccc1)C(=O)NC1CCN(c2c(F)cc3c(=O)c(C(=O)O)cn(C4CC4)c3c2Cl)C1. The molecule has 5 rings (SSSR count). The molecule has 0 radical (unpaired) electrons. The summed E-state index contributed by atoms with van der Waals surface area (Å²) in [4.78, 5) is 52.3. The van der Waals surface area contributed by atoms with Crippen molar-refractivity contribution in [3.63, 3.8) is 0 Å². The van der Waals surface area contributed by atoms with Crippen molar-refractivity contribution in [1.82, 2.24) is 15.2 Å². The van der Waals surface area contributed by atoms with Gasteiger partial charge >= 0.3 is 12.1 Å². The number of rotatable bonds is 8. The molecule has 12 heteroatoms. The number of nitrogens with one attached hydrogen (secondary N) is 2. The van der Waals surface area contributed by atoms with Crippen LogP contribution in [-0.2, 0) is 16.0 Å². The van der Waals surface area contributed by atoms with Crippen molar-refractivity contribution in [1.29, 1.82) is 0 Å². The lowest BCUT2D eigenvalue weighted by atomic mass is 10.0. The Bertz CT molecular complexity index is 1630. The van der Waals surface area contributed by atoms with Gasteiger partial charge in [-0.25, -0.2) is 14.0 Å². The maximum Gasteiger partial charge on any atom is 0.408 e. The fourth-order valence-electron chi connectivity index (χ4n) is 5.41. The fourth-order valence-corrected chi connectivity index (χ4v) is 5.82. The molecule has 1 aromatic heterocycles. The maximum absolute atomic E-state index is 15.6. The van der Waals surface area contributed by atoms with Gasteiger partial charge in [-0.2, -0.15) is 0 Å². The lowest BCUT2D eigenvalue weighted by molar-refractivity contribution is -0.123. The average molecular weight is 613 g/mol. The van der Waals surface area contributed by atoms with E-state index in [-0.39, 0.29) is 41.1 Å². The predicted octanol–water partition coefficient (Wildman–Crippen LogP) is 4.66. The number of benzene rings is 2. The summed E-state index contributed by atoms with van der Waals surface area (Å²) in [5, 5.41) is 15.1. The number of carbonyl (C=O) groups excluding carboxylic acids is 2. The summed E-state index contributed by atoms with van der Waals surface area (Å²) < 4.78 is 22.6. The summed E-state index contributed by atoms with van der Waals surface area (Å²) in [5.41, 5.74) is -0.725. The van der Waals surface area contributed by atoms with Gasteiger partial charge in [0.05, 0.1) is 21.6 Å². The van der Waals surface area contributed by atoms with Gasteiger partial charge in [-0.15, -0.1) is 0 Å². The largest absolute Gasteiger partial charge is 0.477 e. The van der Waals surface area contributed by atoms with Gasteiger partial charge in [0, 0.05) is 37.8 Å². The first-order valence-corrected chi connectivity index (χ1v) is 14.6. The first-order chi connectivity index (χ1) is 20.3. The third kappa shape index (κ3) is 6.77. The van der Waals surface area contributed by atoms with E-state index in [4.69, 9.17) is 16.3 Å². The zero-order chi connectivity index (χ0) is 31.1. The first kappa shape index (κ1) is 30.3. The van der Waals surface area contributed by atoms with E-state index in [1.807, 2.05) is 30.3 Å². The summed E-state index contributed by atoms with van der Waals surface area (Å²) in [7, 11) is 0. The van der Waals surface area contributed by atoms with E-state index in [1.165, 1.54) is 6.20 Å². The van der Waals surface area contributed by atoms with Crippen molar-refractivity contribution in [2.24, 2.45) is 0 Å². The van der Waals surface area contributed by atoms with Crippen molar-refractivity contribution >= 4 is 46.2 Å². The normalized spacial score (nSPS) is 17.5. The number of ether oxygens (including phenoxy) is 1. The molecule has 0 spiro atoms. The van der Waals surface area contributed by atoms with E-state index in [0.717, 1.165) is 24.5 Å². The molecule has 1 aliphatic carbocycles. The number of hydrogen-bond donors (Lipinski definition) is 3. The Morgan fingerprint density at radius 2 is 1.86 bits per heavy atom. The van der Waals surface area contributed by atoms with Crippen LogP contribution in [0.1, 0.15) is 62.0 Å². The molecule has 1 saturated heterocycles. The fraction of sp³-hybridized carbons (Fsp3) is 0.419. The Kier molecular flexibility index (Phi) is 8.38. The van der Waals surface area contributed by atoms with Crippen molar-refractivity contribution < 1.29 is 28.6 Å². The smallest absolute Gasteiger partial charge is 0.408 e. The Labute approximate surface area is 252 Å². The number of aromatic nitrogens is 1. The summed E-state index contributed by atoms with van der Waals surface area (Å²) in [5.74, 6) is -2.54. The van der Waals surface area contributed by atoms with Crippen LogP contribution in [0.2, 0.25) is 5.02 Å². The molecule has 1 aliphatic heterocycles. The number of pyridine rings is 1. The number of carboxylic acid groups (broad SMARTS) is 1. The molecule has 10 nitrogen and oxygen atoms in total. The van der Waals surface area contributed by atoms with E-state index in [2.05, 4.69) is 10.6 Å². The number of hydrogen-bond acceptors (Lipinski definition) is 6. The van der Waals surface area contributed by atoms with Gasteiger partial charge in [-0.05, 0) is 51.7 Å². The Morgan fingerprint density at radius 1 is 1.16 bits per heavy atom. The molecule has 1 saturated carbocycles. The van der Waals surface area contributed by atoms with E-state index >= 15 is 4.39 Å². The highest BCUT2D eigenvalue weighted by Gasteiger charge is 2.34. The molecule has 2 fully saturated rings. The standard InChI is InChI=1S/C31H34ClFN4O6/c1-31(2,3)43-30(42)35-23(13-17-7-5-4-6-8-17)28(39)34-18-11-12-36(15-18)26-22(33)14-20-25(24(26)32)37(19-9-10-19)16-21(27(20)38)29(40)41/h4-8,14,16,18-19,23H,9-13,15H2,1-3H3,(H,34,39)(H,35,42)(H,40,41). The highest BCUT2D eigenvalue weighted by atomic mass is 35.5. The molecule has 3 N–H and O–H groups in total. The lowest BCUT2D eigenvalue weighted by Gasteiger charge is -2.25. The second-order valence-corrected chi connectivity index (χ2v) is 12.4. The van der Waals surface area contributed by atoms with Crippen LogP contribution < -0.4 is 21.0 Å². The van der Waals surface area contributed by atoms with Gasteiger partial charge in [0.25, 0.3) is 0 Å². The molecule has 2 aromatic carbocycles. The van der Waals surface area contributed by atoms with Gasteiger partial charge < -0.3 is 29.9 Å². The number of anilines is 1. The number of carbonyl (C=O) groups is 3. The van der Waals surface area contributed by atoms with Crippen LogP contribution in [0, 0.1) is 5.82 Å². The van der Waals surface area contributed by atoms with Gasteiger partial charge in [-0.3, -0.25) is 9.59 Å². The summed E-state index contributed by atoms with van der Waals surface area (Å²) in [6.45, 7) is 5.81. The minimum Gasteiger partial charge on any atom is -0.477 e. The summed E-state index contributed by atoms with van der Waals surface area (Å²) >= 11 is 6.77. The van der Waals surface area contributed by atoms with Crippen LogP contribution in [0.5, 0.6) is 0 Å². The highest BCUT2D eigenvalue weighted by molar-refractivity contribution is 6.38. The Morgan fingerprint density at radius 3 is 2.49 bits per heavy atom. The van der Waals surface area contributed by atoms with Crippen molar-refractivity contribution in [2.75, 3.05) is 18.0 Å². The third-order valence-electron chi connectivity index (χ3n) is 7.50. The summed E-state index contributed by atoms with van der Waals surface area (Å²) in [6, 6.07) is 9.01. The van der Waals surface area contributed by atoms with Crippen LogP contribution in [0.15, 0.2) is 47.4 Å². The minimum atomic E-state index is -1.38. The number of alkyl carbamates (subject to hydrolysis) is 1. The molecular weight excluding hydrogens is 579 g/mol. The number of amides is 2. The zero-order valence-corrected chi connectivity index (χ0v) is 24.9. The van der Waals surface area contributed by atoms with Crippen LogP contribution in [0.3, 0.4) is 0 Å². The average Bonchev–Trinajstić information content (AvgIpc) is 3.67. The quantitative estimate of drug-likeness (QED) is 0.337. The van der Waals surface area contributed by atoms with E-state index in [0.29, 0.717) is 18.5 Å². The van der Waals surface area contributed by atoms with Gasteiger partial charge in [-0.1, -0.05) is 41.9 Å². The molecule has 0 bridgehead atoms. The maximum atomic E-state index is 15.6. The Hall–Kier alpha value is -4.12. The molecular formula is C31H34ClFN4O6. The van der Waals surface area contributed by atoms with Crippen molar-refractivity contribution in [3.8, 4) is 0 Å². The molecule has 2 atom stereocenters. The lowest BCUT2D eigenvalue weighted by Crippen LogP contribution is -2.52. The first-order valence-electron chi connectivity index (χ1n) is 14.2. The minimum absolute atomic E-state index is 0.0245. The molecule has 2 heterocycles. The molecule has 228 valence electrons. The Balaban J connectivity index is 1.37. The van der Waals surface area contributed by atoms with E-state index in [1.54, 1.807) is 30.2 Å². The molecule has 3 aromatic rings. The third-order valence-corrected chi connectivity index (χ3v) is 7.85. The molecule has 2 amide bonds. The van der Waals surface area contributed by atoms with E-state index < -0.39 is 46.4 Å².